The van der Waals surface area contributed by atoms with Gasteiger partial charge in [-0.2, -0.15) is 10.4 Å². The Morgan fingerprint density at radius 3 is 2.64 bits per heavy atom. The van der Waals surface area contributed by atoms with Gasteiger partial charge in [-0.25, -0.2) is 21.3 Å². The third-order valence-corrected chi connectivity index (χ3v) is 7.93. The zero-order chi connectivity index (χ0) is 31.4. The monoisotopic (exact) mass is 619 g/mol. The molecule has 1 saturated heterocycles. The molecule has 2 fully saturated rings. The number of hydrogen-bond acceptors (Lipinski definition) is 13. The quantitative estimate of drug-likeness (QED) is 0.0761. The smallest absolute Gasteiger partial charge is 0.257 e. The molecule has 1 saturated carbocycles. The number of aliphatic hydroxyl groups excluding tert-OH is 1. The van der Waals surface area contributed by atoms with Gasteiger partial charge in [0, 0.05) is 37.1 Å². The number of nitrogens with one attached hydrogen (secondary N) is 3. The molecular weight excluding hydrogens is 578 g/mol. The highest BCUT2D eigenvalue weighted by Crippen LogP contribution is 2.35. The maximum Gasteiger partial charge on any atom is 0.257 e. The molecule has 1 aliphatic carbocycles. The van der Waals surface area contributed by atoms with Gasteiger partial charge in [-0.1, -0.05) is 6.07 Å². The van der Waals surface area contributed by atoms with Crippen molar-refractivity contribution in [2.24, 2.45) is 10.9 Å². The second-order valence-electron chi connectivity index (χ2n) is 11.0. The van der Waals surface area contributed by atoms with Crippen molar-refractivity contribution in [1.29, 1.82) is 5.26 Å². The first-order chi connectivity index (χ1) is 22.1. The van der Waals surface area contributed by atoms with Crippen molar-refractivity contribution in [3.8, 4) is 28.8 Å². The molecule has 0 unspecified atom stereocenters. The summed E-state index contributed by atoms with van der Waals surface area (Å²) in [6, 6.07) is 8.37. The summed E-state index contributed by atoms with van der Waals surface area (Å²) < 4.78 is 19.3. The minimum absolute atomic E-state index is 0.117. The second kappa shape index (κ2) is 16.0. The molecule has 2 aliphatic rings. The highest BCUT2D eigenvalue weighted by Gasteiger charge is 2.29. The summed E-state index contributed by atoms with van der Waals surface area (Å²) in [5.74, 6) is 6.34. The lowest BCUT2D eigenvalue weighted by molar-refractivity contribution is 0.00502. The number of aromatic nitrogens is 4. The third-order valence-electron chi connectivity index (χ3n) is 7.93. The zero-order valence-corrected chi connectivity index (χ0v) is 25.4. The van der Waals surface area contributed by atoms with Crippen molar-refractivity contribution in [2.75, 3.05) is 51.4 Å². The fourth-order valence-electron chi connectivity index (χ4n) is 5.64. The number of morpholine rings is 1. The fourth-order valence-corrected chi connectivity index (χ4v) is 5.64. The van der Waals surface area contributed by atoms with Gasteiger partial charge in [-0.15, -0.1) is 5.10 Å². The first kappa shape index (κ1) is 31.9. The Morgan fingerprint density at radius 2 is 1.93 bits per heavy atom. The van der Waals surface area contributed by atoms with Crippen LogP contribution in [0.5, 0.6) is 11.6 Å². The van der Waals surface area contributed by atoms with Gasteiger partial charge in [0.2, 0.25) is 5.95 Å². The maximum atomic E-state index is 9.58. The van der Waals surface area contributed by atoms with Gasteiger partial charge in [0.1, 0.15) is 36.6 Å². The summed E-state index contributed by atoms with van der Waals surface area (Å²) in [7, 11) is 0. The van der Waals surface area contributed by atoms with Crippen LogP contribution < -0.4 is 31.5 Å². The van der Waals surface area contributed by atoms with Crippen LogP contribution in [0.1, 0.15) is 44.2 Å². The van der Waals surface area contributed by atoms with E-state index in [4.69, 9.17) is 25.2 Å². The molecule has 0 amide bonds. The number of nitrogens with two attached hydrogens (primary N) is 1. The van der Waals surface area contributed by atoms with Gasteiger partial charge in [0.15, 0.2) is 0 Å². The minimum Gasteiger partial charge on any atom is -0.487 e. The minimum atomic E-state index is -0.248. The normalized spacial score (nSPS) is 19.5. The summed E-state index contributed by atoms with van der Waals surface area (Å²) >= 11 is 0. The SMILES string of the molecule is C[C@@H](CN/C=N\NN)Oc1cc(-c2cnc(Nc3cn([C@H]4CC[C@H](N5CCOCC5)CC4)nc3OCCO)nc2)ccc1C#N. The fraction of sp³-hybridized carbons (Fsp3) is 0.500. The number of aliphatic hydroxyl groups is 1. The first-order valence-corrected chi connectivity index (χ1v) is 15.2. The standard InChI is InChI=1S/C30H41N11O4/c1-21(16-33-20-36-39-32)45-28-14-22(2-3-23(28)15-31)24-17-34-30(35-18-24)37-27-19-41(38-29(27)44-13-10-42)26-6-4-25(5-7-26)40-8-11-43-12-9-40/h2-3,14,17-21,25-26,39,42H,4-13,16,32H2,1H3,(H,33,36)(H,34,35,37)/t21-,25-,26-/m0/s1. The molecule has 1 aliphatic heterocycles. The van der Waals surface area contributed by atoms with Crippen LogP contribution in [0.15, 0.2) is 41.9 Å². The van der Waals surface area contributed by atoms with Crippen LogP contribution >= 0.6 is 0 Å². The number of hydrazone groups is 1. The molecule has 15 heteroatoms. The van der Waals surface area contributed by atoms with Gasteiger partial charge >= 0.3 is 0 Å². The number of ether oxygens (including phenoxy) is 3. The molecule has 2 aromatic heterocycles. The van der Waals surface area contributed by atoms with E-state index in [0.29, 0.717) is 41.4 Å². The van der Waals surface area contributed by atoms with Crippen molar-refractivity contribution in [3.05, 3.63) is 42.4 Å². The molecule has 15 nitrogen and oxygen atoms in total. The van der Waals surface area contributed by atoms with Crippen LogP contribution in [-0.4, -0.2) is 94.3 Å². The summed E-state index contributed by atoms with van der Waals surface area (Å²) in [5, 5.41) is 33.5. The molecule has 6 N–H and O–H groups in total. The topological polar surface area (TPSA) is 193 Å². The maximum absolute atomic E-state index is 9.58. The highest BCUT2D eigenvalue weighted by molar-refractivity contribution is 5.67. The molecular formula is C30H41N11O4. The van der Waals surface area contributed by atoms with Crippen LogP contribution in [0.3, 0.4) is 0 Å². The molecule has 0 radical (unpaired) electrons. The summed E-state index contributed by atoms with van der Waals surface area (Å²) in [4.78, 5) is 11.6. The third kappa shape index (κ3) is 8.58. The van der Waals surface area contributed by atoms with Crippen LogP contribution in [0.2, 0.25) is 0 Å². The van der Waals surface area contributed by atoms with Gasteiger partial charge in [-0.3, -0.25) is 9.58 Å². The van der Waals surface area contributed by atoms with Crippen LogP contribution in [0.4, 0.5) is 11.6 Å². The van der Waals surface area contributed by atoms with E-state index in [1.165, 1.54) is 6.34 Å². The summed E-state index contributed by atoms with van der Waals surface area (Å²) in [5.41, 5.74) is 4.79. The van der Waals surface area contributed by atoms with E-state index in [0.717, 1.165) is 63.1 Å². The Balaban J connectivity index is 1.24. The molecule has 3 aromatic rings. The lowest BCUT2D eigenvalue weighted by Gasteiger charge is -2.38. The number of hydrazine groups is 1. The molecule has 0 spiro atoms. The molecule has 0 bridgehead atoms. The molecule has 45 heavy (non-hydrogen) atoms. The number of nitrogens with zero attached hydrogens (tertiary/aromatic N) is 7. The second-order valence-corrected chi connectivity index (χ2v) is 11.0. The highest BCUT2D eigenvalue weighted by atomic mass is 16.5. The van der Waals surface area contributed by atoms with Crippen LogP contribution in [-0.2, 0) is 4.74 Å². The number of benzene rings is 1. The van der Waals surface area contributed by atoms with Crippen molar-refractivity contribution in [2.45, 2.75) is 50.8 Å². The zero-order valence-electron chi connectivity index (χ0n) is 25.4. The lowest BCUT2D eigenvalue weighted by atomic mass is 9.90. The predicted octanol–water partition coefficient (Wildman–Crippen LogP) is 1.91. The largest absolute Gasteiger partial charge is 0.487 e. The lowest BCUT2D eigenvalue weighted by Crippen LogP contribution is -2.45. The van der Waals surface area contributed by atoms with Gasteiger partial charge in [-0.05, 0) is 50.3 Å². The first-order valence-electron chi connectivity index (χ1n) is 15.2. The Labute approximate surface area is 262 Å². The Bertz CT molecular complexity index is 1430. The van der Waals surface area contributed by atoms with Crippen LogP contribution in [0, 0.1) is 11.3 Å². The van der Waals surface area contributed by atoms with E-state index in [9.17, 15) is 10.4 Å². The number of anilines is 2. The Morgan fingerprint density at radius 1 is 1.18 bits per heavy atom. The van der Waals surface area contributed by atoms with Crippen molar-refractivity contribution in [3.63, 3.8) is 0 Å². The van der Waals surface area contributed by atoms with Gasteiger partial charge in [0.05, 0.1) is 44.2 Å². The van der Waals surface area contributed by atoms with E-state index < -0.39 is 0 Å². The van der Waals surface area contributed by atoms with E-state index in [-0.39, 0.29) is 25.4 Å². The van der Waals surface area contributed by atoms with Gasteiger partial charge < -0.3 is 30.0 Å². The molecule has 1 aromatic carbocycles. The number of rotatable bonds is 14. The molecule has 240 valence electrons. The molecule has 3 heterocycles. The summed E-state index contributed by atoms with van der Waals surface area (Å²) in [6.45, 7) is 5.99. The van der Waals surface area contributed by atoms with E-state index in [2.05, 4.69) is 42.2 Å². The molecule has 5 rings (SSSR count). The number of hydrogen-bond donors (Lipinski definition) is 5. The Kier molecular flexibility index (Phi) is 11.4. The van der Waals surface area contributed by atoms with Crippen molar-refractivity contribution in [1.82, 2.24) is 35.5 Å². The average Bonchev–Trinajstić information content (AvgIpc) is 3.48. The van der Waals surface area contributed by atoms with Gasteiger partial charge in [0.25, 0.3) is 5.88 Å². The van der Waals surface area contributed by atoms with Crippen LogP contribution in [0.25, 0.3) is 11.1 Å². The van der Waals surface area contributed by atoms with E-state index in [1.54, 1.807) is 24.5 Å². The van der Waals surface area contributed by atoms with Crippen molar-refractivity contribution < 1.29 is 19.3 Å². The van der Waals surface area contributed by atoms with Crippen molar-refractivity contribution >= 4 is 18.0 Å². The van der Waals surface area contributed by atoms with E-state index in [1.807, 2.05) is 23.9 Å². The van der Waals surface area contributed by atoms with E-state index >= 15 is 0 Å². The summed E-state index contributed by atoms with van der Waals surface area (Å²) in [6.07, 6.45) is 10.8. The Hall–Kier alpha value is -4.49. The number of nitriles is 1. The predicted molar refractivity (Wildman–Crippen MR) is 168 cm³/mol. The molecule has 1 atom stereocenters. The average molecular weight is 620 g/mol.